The van der Waals surface area contributed by atoms with Gasteiger partial charge in [-0.15, -0.1) is 0 Å². The summed E-state index contributed by atoms with van der Waals surface area (Å²) in [6, 6.07) is 0. The zero-order chi connectivity index (χ0) is 37.0. The van der Waals surface area contributed by atoms with Crippen LogP contribution < -0.4 is 109 Å². The van der Waals surface area contributed by atoms with E-state index in [9.17, 15) is 38.7 Å². The molecular formula is C20H34NNa3O25. The molecule has 0 aliphatic heterocycles. The first-order chi connectivity index (χ1) is 19.5. The van der Waals surface area contributed by atoms with Crippen molar-refractivity contribution in [3.63, 3.8) is 0 Å². The molecule has 0 spiro atoms. The van der Waals surface area contributed by atoms with Crippen molar-refractivity contribution in [1.29, 1.82) is 0 Å². The average Bonchev–Trinajstić information content (AvgIpc) is 2.70. The molecule has 0 aromatic rings. The Labute approximate surface area is 340 Å². The zero-order valence-corrected chi connectivity index (χ0v) is 32.8. The Morgan fingerprint density at radius 1 is 0.510 bits per heavy atom. The SMILES string of the molecule is CC(=O)O.CC(=O)O.CNCC(=O)O.O.O.O=C(O)CC(O)(CC(=O)O)C(=O)O.O=C([O-])CC(O)(CC(=O)O)C(=O)O.O=C([O-])[O-].[Na+].[Na+].[Na+]. The van der Waals surface area contributed by atoms with Crippen molar-refractivity contribution < 1.29 is 214 Å². The average molecular weight is 757 g/mol. The molecule has 272 valence electrons. The molecule has 0 fully saturated rings. The summed E-state index contributed by atoms with van der Waals surface area (Å²) < 4.78 is 0. The number of carbonyl (C=O) groups excluding carboxylic acids is 2. The number of hydrogen-bond acceptors (Lipinski definition) is 16. The molecule has 1 unspecified atom stereocenters. The van der Waals surface area contributed by atoms with Crippen molar-refractivity contribution in [2.75, 3.05) is 13.6 Å². The number of nitrogens with one attached hydrogen (secondary N) is 1. The molecule has 15 N–H and O–H groups in total. The summed E-state index contributed by atoms with van der Waals surface area (Å²) in [6.07, 6.45) is -7.06. The number of carboxylic acids is 9. The van der Waals surface area contributed by atoms with Crippen LogP contribution in [0.25, 0.3) is 0 Å². The van der Waals surface area contributed by atoms with E-state index in [2.05, 4.69) is 5.32 Å². The van der Waals surface area contributed by atoms with Gasteiger partial charge in [-0.2, -0.15) is 0 Å². The van der Waals surface area contributed by atoms with Gasteiger partial charge in [-0.25, -0.2) is 9.59 Å². The van der Waals surface area contributed by atoms with Crippen LogP contribution in [0.3, 0.4) is 0 Å². The van der Waals surface area contributed by atoms with Gasteiger partial charge in [0.05, 0.1) is 25.8 Å². The Bertz CT molecular complexity index is 880. The quantitative estimate of drug-likeness (QED) is 0.0823. The normalized spacial score (nSPS) is 9.24. The molecule has 0 saturated carbocycles. The molecule has 26 nitrogen and oxygen atoms in total. The molecule has 0 aromatic heterocycles. The number of carbonyl (C=O) groups is 10. The number of rotatable bonds is 12. The summed E-state index contributed by atoms with van der Waals surface area (Å²) in [6.45, 7) is 2.21. The smallest absolute Gasteiger partial charge is 0.652 e. The molecule has 29 heteroatoms. The van der Waals surface area contributed by atoms with Crippen LogP contribution >= 0.6 is 0 Å². The standard InChI is InChI=1S/2C6H8O7.C3H7NO2.2C2H4O2.CH2O3.3Na.2H2O/c2*7-3(8)1-6(13,5(11)12)2-4(9)10;1-4-2-3(5)6;2*1-2(3)4;2-1(3)4;;;;;/h2*13H,1-2H2,(H,7,8)(H,9,10)(H,11,12);4H,2H2,1H3,(H,5,6);2*1H3,(H,3,4);(H2,2,3,4);;;;2*1H2/q;;;;;;3*+1;;/p-3. The van der Waals surface area contributed by atoms with Crippen LogP contribution in [-0.2, 0) is 43.2 Å². The second kappa shape index (κ2) is 43.3. The predicted molar refractivity (Wildman–Crippen MR) is 132 cm³/mol. The molecule has 0 saturated heterocycles. The van der Waals surface area contributed by atoms with Gasteiger partial charge >= 0.3 is 124 Å². The van der Waals surface area contributed by atoms with E-state index in [1.54, 1.807) is 7.05 Å². The van der Waals surface area contributed by atoms with E-state index in [-0.39, 0.29) is 106 Å². The van der Waals surface area contributed by atoms with Gasteiger partial charge in [0.2, 0.25) is 0 Å². The van der Waals surface area contributed by atoms with Gasteiger partial charge in [-0.1, -0.05) is 0 Å². The van der Waals surface area contributed by atoms with Crippen molar-refractivity contribution >= 4 is 59.9 Å². The van der Waals surface area contributed by atoms with Gasteiger partial charge < -0.3 is 92.2 Å². The Morgan fingerprint density at radius 3 is 0.776 bits per heavy atom. The molecule has 0 rings (SSSR count). The van der Waals surface area contributed by atoms with Crippen molar-refractivity contribution in [1.82, 2.24) is 5.32 Å². The number of hydrogen-bond donors (Lipinski definition) is 11. The molecule has 0 heterocycles. The molecule has 1 atom stereocenters. The third kappa shape index (κ3) is 81.4. The van der Waals surface area contributed by atoms with Gasteiger partial charge in [0.15, 0.2) is 11.2 Å². The first kappa shape index (κ1) is 76.2. The van der Waals surface area contributed by atoms with E-state index in [1.807, 2.05) is 0 Å². The number of carboxylic acid groups (broad SMARTS) is 11. The van der Waals surface area contributed by atoms with Gasteiger partial charge in [0.1, 0.15) is 0 Å². The topological polar surface area (TPSA) is 517 Å². The maximum Gasteiger partial charge on any atom is 1.00 e. The van der Waals surface area contributed by atoms with Crippen molar-refractivity contribution in [3.8, 4) is 0 Å². The minimum atomic E-state index is -2.80. The largest absolute Gasteiger partial charge is 1.00 e. The van der Waals surface area contributed by atoms with Crippen LogP contribution in [0.2, 0.25) is 0 Å². The fraction of sp³-hybridized carbons (Fsp3) is 0.500. The Kier molecular flexibility index (Phi) is 67.4. The molecule has 49 heavy (non-hydrogen) atoms. The van der Waals surface area contributed by atoms with Gasteiger partial charge in [0, 0.05) is 26.2 Å². The molecule has 0 aliphatic rings. The summed E-state index contributed by atoms with van der Waals surface area (Å²) in [5, 5.41) is 111. The maximum absolute atomic E-state index is 10.3. The zero-order valence-electron chi connectivity index (χ0n) is 26.8. The molecule has 0 radical (unpaired) electrons. The Morgan fingerprint density at radius 2 is 0.694 bits per heavy atom. The van der Waals surface area contributed by atoms with Crippen LogP contribution in [-0.4, -0.2) is 147 Å². The van der Waals surface area contributed by atoms with Crippen molar-refractivity contribution in [3.05, 3.63) is 0 Å². The van der Waals surface area contributed by atoms with E-state index >= 15 is 0 Å². The first-order valence-electron chi connectivity index (χ1n) is 10.4. The maximum atomic E-state index is 10.3. The van der Waals surface area contributed by atoms with Crippen LogP contribution in [0, 0.1) is 0 Å². The van der Waals surface area contributed by atoms with Crippen molar-refractivity contribution in [2.24, 2.45) is 0 Å². The van der Waals surface area contributed by atoms with Gasteiger partial charge in [-0.05, 0) is 13.2 Å². The van der Waals surface area contributed by atoms with Crippen LogP contribution in [0.1, 0.15) is 39.5 Å². The number of likely N-dealkylation sites (N-methyl/N-ethyl adjacent to an activating group) is 1. The van der Waals surface area contributed by atoms with E-state index in [4.69, 9.17) is 75.7 Å². The second-order valence-corrected chi connectivity index (χ2v) is 7.15. The number of aliphatic carboxylic acids is 9. The fourth-order valence-electron chi connectivity index (χ4n) is 1.57. The summed E-state index contributed by atoms with van der Waals surface area (Å²) >= 11 is 0. The molecule has 0 amide bonds. The van der Waals surface area contributed by atoms with E-state index in [0.717, 1.165) is 13.8 Å². The number of aliphatic hydroxyl groups is 2. The van der Waals surface area contributed by atoms with E-state index < -0.39 is 96.8 Å². The molecule has 0 aromatic carbocycles. The summed E-state index contributed by atoms with van der Waals surface area (Å²) in [5.74, 6) is -12.8. The van der Waals surface area contributed by atoms with E-state index in [0.29, 0.717) is 0 Å². The van der Waals surface area contributed by atoms with E-state index in [1.165, 1.54) is 0 Å². The summed E-state index contributed by atoms with van der Waals surface area (Å²) in [5.41, 5.74) is -5.54. The summed E-state index contributed by atoms with van der Waals surface area (Å²) in [7, 11) is 1.59. The third-order valence-electron chi connectivity index (χ3n) is 2.89. The predicted octanol–water partition coefficient (Wildman–Crippen LogP) is -17.4. The first-order valence-corrected chi connectivity index (χ1v) is 10.4. The third-order valence-corrected chi connectivity index (χ3v) is 2.89. The van der Waals surface area contributed by atoms with Gasteiger partial charge in [-0.3, -0.25) is 28.8 Å². The van der Waals surface area contributed by atoms with Crippen LogP contribution in [0.4, 0.5) is 4.79 Å². The van der Waals surface area contributed by atoms with Crippen LogP contribution in [0.15, 0.2) is 0 Å². The monoisotopic (exact) mass is 757 g/mol. The van der Waals surface area contributed by atoms with Crippen LogP contribution in [0.5, 0.6) is 0 Å². The molecule has 0 aliphatic carbocycles. The fourth-order valence-corrected chi connectivity index (χ4v) is 1.57. The van der Waals surface area contributed by atoms with Crippen molar-refractivity contribution in [2.45, 2.75) is 50.7 Å². The summed E-state index contributed by atoms with van der Waals surface area (Å²) in [4.78, 5) is 96.7. The Balaban J connectivity index is -0.0000000415. The molecule has 0 bridgehead atoms. The molecular weight excluding hydrogens is 723 g/mol. The minimum absolute atomic E-state index is 0. The minimum Gasteiger partial charge on any atom is -0.652 e. The Hall–Kier alpha value is -2.70. The second-order valence-electron chi connectivity index (χ2n) is 7.15. The van der Waals surface area contributed by atoms with Gasteiger partial charge in [0.25, 0.3) is 11.9 Å².